The molecule has 122 valence electrons. The molecule has 7 heteroatoms. The summed E-state index contributed by atoms with van der Waals surface area (Å²) in [5.74, 6) is -0.107. The number of benzene rings is 1. The molecule has 1 N–H and O–H groups in total. The molecule has 0 aliphatic heterocycles. The van der Waals surface area contributed by atoms with Crippen molar-refractivity contribution in [1.29, 1.82) is 0 Å². The molecule has 0 spiro atoms. The van der Waals surface area contributed by atoms with Gasteiger partial charge in [-0.1, -0.05) is 23.2 Å². The van der Waals surface area contributed by atoms with E-state index in [1.165, 1.54) is 0 Å². The lowest BCUT2D eigenvalue weighted by Crippen LogP contribution is -2.25. The lowest BCUT2D eigenvalue weighted by atomic mass is 10.1. The summed E-state index contributed by atoms with van der Waals surface area (Å²) in [4.78, 5) is 17.2. The van der Waals surface area contributed by atoms with Crippen LogP contribution in [-0.4, -0.2) is 26.7 Å². The zero-order chi connectivity index (χ0) is 16.8. The lowest BCUT2D eigenvalue weighted by Gasteiger charge is -2.09. The number of halogens is 2. The molecule has 1 saturated carbocycles. The molecule has 0 saturated heterocycles. The van der Waals surface area contributed by atoms with Crippen molar-refractivity contribution in [2.45, 2.75) is 18.9 Å². The van der Waals surface area contributed by atoms with Crippen molar-refractivity contribution in [3.05, 3.63) is 46.1 Å². The van der Waals surface area contributed by atoms with Crippen LogP contribution >= 0.6 is 23.2 Å². The fourth-order valence-corrected chi connectivity index (χ4v) is 3.13. The molecule has 3 aromatic rings. The number of hydrogen-bond acceptors (Lipinski definition) is 3. The highest BCUT2D eigenvalue weighted by atomic mass is 35.5. The molecule has 1 aliphatic carbocycles. The summed E-state index contributed by atoms with van der Waals surface area (Å²) in [6, 6.07) is 7.26. The van der Waals surface area contributed by atoms with E-state index in [0.29, 0.717) is 26.9 Å². The molecule has 1 amide bonds. The number of nitrogens with one attached hydrogen (secondary N) is 1. The first kappa shape index (κ1) is 15.4. The highest BCUT2D eigenvalue weighted by Crippen LogP contribution is 2.32. The van der Waals surface area contributed by atoms with E-state index in [1.807, 2.05) is 0 Å². The Morgan fingerprint density at radius 2 is 2.08 bits per heavy atom. The maximum atomic E-state index is 12.6. The molecule has 1 aliphatic rings. The largest absolute Gasteiger partial charge is 0.349 e. The third-order valence-corrected chi connectivity index (χ3v) is 4.62. The van der Waals surface area contributed by atoms with Crippen LogP contribution in [0.25, 0.3) is 22.3 Å². The van der Waals surface area contributed by atoms with Gasteiger partial charge in [-0.25, -0.2) is 4.98 Å². The molecule has 1 aromatic carbocycles. The number of fused-ring (bicyclic) bond motifs is 1. The Balaban J connectivity index is 1.89. The van der Waals surface area contributed by atoms with Crippen LogP contribution in [0, 0.1) is 0 Å². The van der Waals surface area contributed by atoms with Gasteiger partial charge in [0.2, 0.25) is 0 Å². The van der Waals surface area contributed by atoms with E-state index < -0.39 is 0 Å². The van der Waals surface area contributed by atoms with Gasteiger partial charge in [0.15, 0.2) is 5.65 Å². The highest BCUT2D eigenvalue weighted by Gasteiger charge is 2.26. The fourth-order valence-electron chi connectivity index (χ4n) is 2.63. The molecule has 0 bridgehead atoms. The Kier molecular flexibility index (Phi) is 3.70. The smallest absolute Gasteiger partial charge is 0.252 e. The van der Waals surface area contributed by atoms with E-state index >= 15 is 0 Å². The molecular formula is C17H14Cl2N4O. The van der Waals surface area contributed by atoms with Gasteiger partial charge < -0.3 is 5.32 Å². The van der Waals surface area contributed by atoms with Crippen molar-refractivity contribution in [1.82, 2.24) is 20.1 Å². The summed E-state index contributed by atoms with van der Waals surface area (Å²) in [5.41, 5.74) is 2.54. The van der Waals surface area contributed by atoms with Crippen LogP contribution in [0.1, 0.15) is 23.2 Å². The number of nitrogens with zero attached hydrogens (tertiary/aromatic N) is 3. The van der Waals surface area contributed by atoms with Crippen molar-refractivity contribution in [2.75, 3.05) is 0 Å². The van der Waals surface area contributed by atoms with Gasteiger partial charge in [0.25, 0.3) is 5.91 Å². The van der Waals surface area contributed by atoms with Crippen LogP contribution in [0.2, 0.25) is 10.0 Å². The predicted molar refractivity (Wildman–Crippen MR) is 94.5 cm³/mol. The first-order chi connectivity index (χ1) is 11.5. The maximum Gasteiger partial charge on any atom is 0.252 e. The van der Waals surface area contributed by atoms with Gasteiger partial charge in [0.1, 0.15) is 0 Å². The second-order valence-electron chi connectivity index (χ2n) is 5.93. The SMILES string of the molecule is Cn1ncc2c(C(=O)NC3CC3)cc(-c3ccc(Cl)cc3Cl)nc21. The summed E-state index contributed by atoms with van der Waals surface area (Å²) in [7, 11) is 1.80. The second kappa shape index (κ2) is 5.76. The van der Waals surface area contributed by atoms with Crippen LogP contribution < -0.4 is 5.32 Å². The fraction of sp³-hybridized carbons (Fsp3) is 0.235. The molecule has 0 radical (unpaired) electrons. The molecule has 24 heavy (non-hydrogen) atoms. The second-order valence-corrected chi connectivity index (χ2v) is 6.78. The Hall–Kier alpha value is -2.11. The molecule has 0 atom stereocenters. The summed E-state index contributed by atoms with van der Waals surface area (Å²) >= 11 is 12.3. The van der Waals surface area contributed by atoms with Crippen LogP contribution in [0.5, 0.6) is 0 Å². The minimum atomic E-state index is -0.107. The van der Waals surface area contributed by atoms with E-state index in [9.17, 15) is 4.79 Å². The first-order valence-electron chi connectivity index (χ1n) is 7.62. The Bertz CT molecular complexity index is 963. The molecule has 1 fully saturated rings. The number of carbonyl (C=O) groups is 1. The summed E-state index contributed by atoms with van der Waals surface area (Å²) in [5, 5.41) is 9.01. The number of aromatic nitrogens is 3. The van der Waals surface area contributed by atoms with Gasteiger partial charge in [-0.05, 0) is 37.1 Å². The average molecular weight is 361 g/mol. The number of carbonyl (C=O) groups excluding carboxylic acids is 1. The number of hydrogen-bond donors (Lipinski definition) is 1. The quantitative estimate of drug-likeness (QED) is 0.771. The van der Waals surface area contributed by atoms with Crippen molar-refractivity contribution in [3.63, 3.8) is 0 Å². The van der Waals surface area contributed by atoms with Gasteiger partial charge >= 0.3 is 0 Å². The molecule has 2 heterocycles. The Labute approximate surface area is 148 Å². The number of rotatable bonds is 3. The van der Waals surface area contributed by atoms with Gasteiger partial charge in [-0.15, -0.1) is 0 Å². The zero-order valence-corrected chi connectivity index (χ0v) is 14.4. The van der Waals surface area contributed by atoms with Crippen LogP contribution in [-0.2, 0) is 7.05 Å². The van der Waals surface area contributed by atoms with Gasteiger partial charge in [0, 0.05) is 23.7 Å². The van der Waals surface area contributed by atoms with Crippen molar-refractivity contribution in [3.8, 4) is 11.3 Å². The Morgan fingerprint density at radius 3 is 2.79 bits per heavy atom. The molecule has 0 unspecified atom stereocenters. The van der Waals surface area contributed by atoms with Gasteiger partial charge in [0.05, 0.1) is 27.9 Å². The molecule has 2 aromatic heterocycles. The molecule has 5 nitrogen and oxygen atoms in total. The summed E-state index contributed by atoms with van der Waals surface area (Å²) in [6.07, 6.45) is 3.73. The van der Waals surface area contributed by atoms with Crippen molar-refractivity contribution >= 4 is 40.1 Å². The normalized spacial score (nSPS) is 14.1. The van der Waals surface area contributed by atoms with Gasteiger partial charge in [-0.2, -0.15) is 5.10 Å². The lowest BCUT2D eigenvalue weighted by molar-refractivity contribution is 0.0952. The van der Waals surface area contributed by atoms with Crippen LogP contribution in [0.4, 0.5) is 0 Å². The number of aryl methyl sites for hydroxylation is 1. The summed E-state index contributed by atoms with van der Waals surface area (Å²) < 4.78 is 1.65. The van der Waals surface area contributed by atoms with E-state index in [2.05, 4.69) is 15.4 Å². The minimum absolute atomic E-state index is 0.107. The molecular weight excluding hydrogens is 347 g/mol. The van der Waals surface area contributed by atoms with Crippen LogP contribution in [0.15, 0.2) is 30.5 Å². The predicted octanol–water partition coefficient (Wildman–Crippen LogP) is 3.83. The maximum absolute atomic E-state index is 12.6. The third kappa shape index (κ3) is 2.74. The van der Waals surface area contributed by atoms with E-state index in [4.69, 9.17) is 23.2 Å². The number of amides is 1. The topological polar surface area (TPSA) is 59.8 Å². The first-order valence-corrected chi connectivity index (χ1v) is 8.37. The average Bonchev–Trinajstić information content (AvgIpc) is 3.28. The Morgan fingerprint density at radius 1 is 1.29 bits per heavy atom. The zero-order valence-electron chi connectivity index (χ0n) is 12.9. The van der Waals surface area contributed by atoms with E-state index in [1.54, 1.807) is 42.2 Å². The van der Waals surface area contributed by atoms with Gasteiger partial charge in [-0.3, -0.25) is 9.48 Å². The third-order valence-electron chi connectivity index (χ3n) is 4.07. The molecule has 4 rings (SSSR count). The minimum Gasteiger partial charge on any atom is -0.349 e. The van der Waals surface area contributed by atoms with Crippen LogP contribution in [0.3, 0.4) is 0 Å². The van der Waals surface area contributed by atoms with E-state index in [-0.39, 0.29) is 11.9 Å². The standard InChI is InChI=1S/C17H14Cl2N4O/c1-23-16-13(8-20-23)12(17(24)21-10-3-4-10)7-15(22-16)11-5-2-9(18)6-14(11)19/h2,5-8,10H,3-4H2,1H3,(H,21,24). The summed E-state index contributed by atoms with van der Waals surface area (Å²) in [6.45, 7) is 0. The highest BCUT2D eigenvalue weighted by molar-refractivity contribution is 6.36. The van der Waals surface area contributed by atoms with Crippen molar-refractivity contribution < 1.29 is 4.79 Å². The van der Waals surface area contributed by atoms with Crippen molar-refractivity contribution in [2.24, 2.45) is 7.05 Å². The monoisotopic (exact) mass is 360 g/mol. The number of pyridine rings is 1. The van der Waals surface area contributed by atoms with E-state index in [0.717, 1.165) is 23.8 Å².